The van der Waals surface area contributed by atoms with E-state index in [4.69, 9.17) is 16.7 Å². The van der Waals surface area contributed by atoms with E-state index >= 15 is 0 Å². The first-order chi connectivity index (χ1) is 8.40. The van der Waals surface area contributed by atoms with E-state index in [2.05, 4.69) is 15.0 Å². The third-order valence-electron chi connectivity index (χ3n) is 2.52. The minimum atomic E-state index is -3.05. The van der Waals surface area contributed by atoms with Gasteiger partial charge in [0.1, 0.15) is 23.4 Å². The largest absolute Gasteiger partial charge is 0.478 e. The molecule has 98 valence electrons. The van der Waals surface area contributed by atoms with E-state index in [1.54, 1.807) is 0 Å². The topological polar surface area (TPSA) is 71.5 Å². The fourth-order valence-corrected chi connectivity index (χ4v) is 1.75. The third-order valence-corrected chi connectivity index (χ3v) is 2.73. The molecule has 1 aromatic heterocycles. The van der Waals surface area contributed by atoms with Crippen LogP contribution in [0.2, 0.25) is 5.15 Å². The molecule has 2 N–H and O–H groups in total. The molecule has 1 atom stereocenters. The van der Waals surface area contributed by atoms with Crippen LogP contribution in [0.4, 0.5) is 14.5 Å². The van der Waals surface area contributed by atoms with Gasteiger partial charge in [-0.25, -0.2) is 18.6 Å². The number of alkyl halides is 2. The number of rotatable bonds is 3. The zero-order valence-corrected chi connectivity index (χ0v) is 9.75. The van der Waals surface area contributed by atoms with Crippen LogP contribution < -0.4 is 5.32 Å². The number of halogens is 3. The molecule has 0 bridgehead atoms. The first-order valence-corrected chi connectivity index (χ1v) is 5.39. The number of nitrogens with one attached hydrogen (secondary N) is 1. The van der Waals surface area contributed by atoms with Gasteiger partial charge in [0.15, 0.2) is 0 Å². The van der Waals surface area contributed by atoms with Gasteiger partial charge >= 0.3 is 5.97 Å². The standard InChI is InChI=1S/C10H9ClF2N2O3/c11-8-1-6(5(2-14-8)9(16)17)15-7-3-18-4-10(7,12)13/h1-2,7H,3-4H2,(H,14,15)(H,16,17). The van der Waals surface area contributed by atoms with E-state index in [0.29, 0.717) is 0 Å². The first-order valence-electron chi connectivity index (χ1n) is 5.01. The molecule has 0 spiro atoms. The predicted octanol–water partition coefficient (Wildman–Crippen LogP) is 1.88. The second-order valence-electron chi connectivity index (χ2n) is 3.83. The quantitative estimate of drug-likeness (QED) is 0.826. The fourth-order valence-electron chi connectivity index (χ4n) is 1.59. The van der Waals surface area contributed by atoms with Gasteiger partial charge in [-0.3, -0.25) is 0 Å². The van der Waals surface area contributed by atoms with E-state index in [9.17, 15) is 13.6 Å². The SMILES string of the molecule is O=C(O)c1cnc(Cl)cc1NC1COCC1(F)F. The van der Waals surface area contributed by atoms with Crippen LogP contribution in [0.25, 0.3) is 0 Å². The Morgan fingerprint density at radius 3 is 2.94 bits per heavy atom. The van der Waals surface area contributed by atoms with Gasteiger partial charge in [0, 0.05) is 6.20 Å². The normalized spacial score (nSPS) is 21.8. The van der Waals surface area contributed by atoms with Crippen LogP contribution >= 0.6 is 11.6 Å². The Morgan fingerprint density at radius 2 is 2.39 bits per heavy atom. The zero-order valence-electron chi connectivity index (χ0n) is 8.99. The van der Waals surface area contributed by atoms with Crippen LogP contribution in [0.1, 0.15) is 10.4 Å². The first kappa shape index (κ1) is 13.0. The number of pyridine rings is 1. The summed E-state index contributed by atoms with van der Waals surface area (Å²) in [6.07, 6.45) is 1.01. The molecule has 0 amide bonds. The van der Waals surface area contributed by atoms with Crippen LogP contribution in [0.15, 0.2) is 12.3 Å². The molecule has 8 heteroatoms. The molecular weight excluding hydrogens is 270 g/mol. The maximum absolute atomic E-state index is 13.3. The zero-order chi connectivity index (χ0) is 13.3. The highest BCUT2D eigenvalue weighted by molar-refractivity contribution is 6.29. The number of hydrogen-bond donors (Lipinski definition) is 2. The van der Waals surface area contributed by atoms with Crippen LogP contribution in [0, 0.1) is 0 Å². The molecule has 0 radical (unpaired) electrons. The minimum absolute atomic E-state index is 0.00215. The van der Waals surface area contributed by atoms with Crippen molar-refractivity contribution in [3.63, 3.8) is 0 Å². The van der Waals surface area contributed by atoms with E-state index in [0.717, 1.165) is 6.20 Å². The number of anilines is 1. The molecule has 0 aromatic carbocycles. The van der Waals surface area contributed by atoms with Gasteiger partial charge in [-0.15, -0.1) is 0 Å². The summed E-state index contributed by atoms with van der Waals surface area (Å²) in [4.78, 5) is 14.5. The van der Waals surface area contributed by atoms with E-state index in [-0.39, 0.29) is 23.0 Å². The summed E-state index contributed by atoms with van der Waals surface area (Å²) >= 11 is 5.62. The number of nitrogens with zero attached hydrogens (tertiary/aromatic N) is 1. The number of aromatic nitrogens is 1. The highest BCUT2D eigenvalue weighted by Gasteiger charge is 2.45. The van der Waals surface area contributed by atoms with Gasteiger partial charge in [0.2, 0.25) is 0 Å². The Kier molecular flexibility index (Phi) is 3.36. The molecule has 18 heavy (non-hydrogen) atoms. The summed E-state index contributed by atoms with van der Waals surface area (Å²) < 4.78 is 31.4. The lowest BCUT2D eigenvalue weighted by molar-refractivity contribution is -0.0132. The van der Waals surface area contributed by atoms with E-state index in [1.807, 2.05) is 0 Å². The lowest BCUT2D eigenvalue weighted by atomic mass is 10.1. The number of carboxylic acid groups (broad SMARTS) is 1. The van der Waals surface area contributed by atoms with Crippen molar-refractivity contribution in [1.29, 1.82) is 0 Å². The summed E-state index contributed by atoms with van der Waals surface area (Å²) in [5, 5.41) is 11.4. The summed E-state index contributed by atoms with van der Waals surface area (Å²) in [6.45, 7) is -0.891. The van der Waals surface area contributed by atoms with Crippen molar-refractivity contribution in [2.24, 2.45) is 0 Å². The number of ether oxygens (including phenoxy) is 1. The molecule has 1 aliphatic heterocycles. The smallest absolute Gasteiger partial charge is 0.339 e. The average molecular weight is 279 g/mol. The Bertz CT molecular complexity index is 484. The minimum Gasteiger partial charge on any atom is -0.478 e. The van der Waals surface area contributed by atoms with Crippen molar-refractivity contribution >= 4 is 23.3 Å². The van der Waals surface area contributed by atoms with Crippen LogP contribution in [-0.2, 0) is 4.74 Å². The summed E-state index contributed by atoms with van der Waals surface area (Å²) in [7, 11) is 0. The van der Waals surface area contributed by atoms with E-state index < -0.39 is 24.5 Å². The predicted molar refractivity (Wildman–Crippen MR) is 59.4 cm³/mol. The second-order valence-corrected chi connectivity index (χ2v) is 4.22. The van der Waals surface area contributed by atoms with Crippen molar-refractivity contribution in [3.05, 3.63) is 23.0 Å². The molecular formula is C10H9ClF2N2O3. The monoisotopic (exact) mass is 278 g/mol. The van der Waals surface area contributed by atoms with Crippen molar-refractivity contribution in [2.75, 3.05) is 18.5 Å². The van der Waals surface area contributed by atoms with Gasteiger partial charge in [0.25, 0.3) is 5.92 Å². The number of carbonyl (C=O) groups is 1. The Labute approximate surface area is 106 Å². The Hall–Kier alpha value is -1.47. The molecule has 1 aromatic rings. The molecule has 0 saturated carbocycles. The summed E-state index contributed by atoms with van der Waals surface area (Å²) in [5.74, 6) is -4.32. The molecule has 2 rings (SSSR count). The van der Waals surface area contributed by atoms with Gasteiger partial charge in [-0.05, 0) is 6.07 Å². The molecule has 1 unspecified atom stereocenters. The van der Waals surface area contributed by atoms with Crippen LogP contribution in [0.5, 0.6) is 0 Å². The fraction of sp³-hybridized carbons (Fsp3) is 0.400. The van der Waals surface area contributed by atoms with Gasteiger partial charge < -0.3 is 15.2 Å². The van der Waals surface area contributed by atoms with Crippen molar-refractivity contribution in [1.82, 2.24) is 4.98 Å². The Balaban J connectivity index is 2.28. The van der Waals surface area contributed by atoms with Gasteiger partial charge in [0.05, 0.1) is 12.3 Å². The van der Waals surface area contributed by atoms with Crippen molar-refractivity contribution in [2.45, 2.75) is 12.0 Å². The Morgan fingerprint density at radius 1 is 1.67 bits per heavy atom. The highest BCUT2D eigenvalue weighted by Crippen LogP contribution is 2.29. The van der Waals surface area contributed by atoms with Gasteiger partial charge in [-0.2, -0.15) is 0 Å². The van der Waals surface area contributed by atoms with Crippen molar-refractivity contribution in [3.8, 4) is 0 Å². The van der Waals surface area contributed by atoms with Crippen LogP contribution in [0.3, 0.4) is 0 Å². The maximum atomic E-state index is 13.3. The molecule has 1 saturated heterocycles. The van der Waals surface area contributed by atoms with Gasteiger partial charge in [-0.1, -0.05) is 11.6 Å². The van der Waals surface area contributed by atoms with Crippen LogP contribution in [-0.4, -0.2) is 41.2 Å². The number of hydrogen-bond acceptors (Lipinski definition) is 4. The van der Waals surface area contributed by atoms with Crippen molar-refractivity contribution < 1.29 is 23.4 Å². The summed E-state index contributed by atoms with van der Waals surface area (Å²) in [5.41, 5.74) is -0.222. The lowest BCUT2D eigenvalue weighted by Gasteiger charge is -2.20. The molecule has 2 heterocycles. The maximum Gasteiger partial charge on any atom is 0.339 e. The lowest BCUT2D eigenvalue weighted by Crippen LogP contribution is -2.38. The molecule has 1 aliphatic rings. The molecule has 1 fully saturated rings. The van der Waals surface area contributed by atoms with E-state index in [1.165, 1.54) is 6.07 Å². The summed E-state index contributed by atoms with van der Waals surface area (Å²) in [6, 6.07) is -0.0894. The second kappa shape index (κ2) is 4.66. The number of carboxylic acids is 1. The molecule has 5 nitrogen and oxygen atoms in total. The molecule has 0 aliphatic carbocycles. The average Bonchev–Trinajstić information content (AvgIpc) is 2.58. The number of aromatic carboxylic acids is 1. The third kappa shape index (κ3) is 2.51. The highest BCUT2D eigenvalue weighted by atomic mass is 35.5.